The van der Waals surface area contributed by atoms with E-state index in [4.69, 9.17) is 0 Å². The van der Waals surface area contributed by atoms with Crippen LogP contribution in [0.25, 0.3) is 0 Å². The van der Waals surface area contributed by atoms with E-state index in [1.165, 1.54) is 51.4 Å². The molecule has 1 unspecified atom stereocenters. The fourth-order valence-electron chi connectivity index (χ4n) is 3.60. The molecular formula is C16H31N. The summed E-state index contributed by atoms with van der Waals surface area (Å²) in [5, 5.41) is 4.00. The molecule has 2 aliphatic carbocycles. The smallest absolute Gasteiger partial charge is 0.0126 e. The first-order chi connectivity index (χ1) is 7.89. The number of rotatable bonds is 2. The molecule has 2 saturated carbocycles. The molecule has 17 heavy (non-hydrogen) atoms. The van der Waals surface area contributed by atoms with Gasteiger partial charge in [0.2, 0.25) is 0 Å². The highest BCUT2D eigenvalue weighted by Crippen LogP contribution is 2.45. The summed E-state index contributed by atoms with van der Waals surface area (Å²) in [6.07, 6.45) is 11.3. The Labute approximate surface area is 108 Å². The van der Waals surface area contributed by atoms with Gasteiger partial charge in [-0.2, -0.15) is 0 Å². The lowest BCUT2D eigenvalue weighted by Gasteiger charge is -2.48. The Balaban J connectivity index is 1.95. The maximum Gasteiger partial charge on any atom is 0.0126 e. The average molecular weight is 237 g/mol. The molecule has 1 nitrogen and oxygen atoms in total. The number of nitrogens with one attached hydrogen (secondary N) is 1. The van der Waals surface area contributed by atoms with Crippen LogP contribution in [0.1, 0.15) is 79.1 Å². The van der Waals surface area contributed by atoms with Crippen molar-refractivity contribution in [3.63, 3.8) is 0 Å². The molecule has 2 rings (SSSR count). The van der Waals surface area contributed by atoms with Crippen LogP contribution in [-0.2, 0) is 0 Å². The van der Waals surface area contributed by atoms with E-state index in [0.717, 1.165) is 12.1 Å². The lowest BCUT2D eigenvalue weighted by molar-refractivity contribution is 0.0707. The van der Waals surface area contributed by atoms with Crippen LogP contribution in [-0.4, -0.2) is 12.1 Å². The molecule has 0 bridgehead atoms. The standard InChI is InChI=1S/C16H31N/c1-15(2)10-11-16(3,4)14(12-15)17-13-8-6-5-7-9-13/h13-14,17H,5-12H2,1-4H3. The van der Waals surface area contributed by atoms with E-state index in [0.29, 0.717) is 10.8 Å². The first-order valence-electron chi connectivity index (χ1n) is 7.65. The number of hydrogen-bond acceptors (Lipinski definition) is 1. The lowest BCUT2D eigenvalue weighted by atomic mass is 9.63. The van der Waals surface area contributed by atoms with Gasteiger partial charge in [0.25, 0.3) is 0 Å². The van der Waals surface area contributed by atoms with E-state index in [1.807, 2.05) is 0 Å². The predicted molar refractivity (Wildman–Crippen MR) is 75.2 cm³/mol. The zero-order valence-electron chi connectivity index (χ0n) is 12.3. The fraction of sp³-hybridized carbons (Fsp3) is 1.00. The van der Waals surface area contributed by atoms with Gasteiger partial charge in [-0.25, -0.2) is 0 Å². The molecule has 2 aliphatic rings. The molecule has 0 aromatic carbocycles. The van der Waals surface area contributed by atoms with Crippen molar-refractivity contribution >= 4 is 0 Å². The van der Waals surface area contributed by atoms with Crippen molar-refractivity contribution in [2.24, 2.45) is 10.8 Å². The van der Waals surface area contributed by atoms with E-state index in [-0.39, 0.29) is 0 Å². The summed E-state index contributed by atoms with van der Waals surface area (Å²) in [4.78, 5) is 0. The van der Waals surface area contributed by atoms with Crippen LogP contribution in [0, 0.1) is 10.8 Å². The summed E-state index contributed by atoms with van der Waals surface area (Å²) in [6, 6.07) is 1.54. The second-order valence-electron chi connectivity index (χ2n) is 7.91. The van der Waals surface area contributed by atoms with Gasteiger partial charge in [0, 0.05) is 12.1 Å². The molecule has 0 saturated heterocycles. The molecule has 0 aromatic heterocycles. The molecular weight excluding hydrogens is 206 g/mol. The number of hydrogen-bond donors (Lipinski definition) is 1. The van der Waals surface area contributed by atoms with Gasteiger partial charge < -0.3 is 5.32 Å². The molecule has 0 radical (unpaired) electrons. The van der Waals surface area contributed by atoms with Crippen LogP contribution in [0.3, 0.4) is 0 Å². The Hall–Kier alpha value is -0.0400. The Morgan fingerprint density at radius 1 is 0.882 bits per heavy atom. The predicted octanol–water partition coefficient (Wildman–Crippen LogP) is 4.51. The molecule has 1 heteroatoms. The summed E-state index contributed by atoms with van der Waals surface area (Å²) >= 11 is 0. The molecule has 1 N–H and O–H groups in total. The van der Waals surface area contributed by atoms with Crippen LogP contribution in [0.2, 0.25) is 0 Å². The Morgan fingerprint density at radius 3 is 2.18 bits per heavy atom. The molecule has 0 spiro atoms. The zero-order chi connectivity index (χ0) is 12.5. The maximum atomic E-state index is 4.00. The highest BCUT2D eigenvalue weighted by molar-refractivity contribution is 4.95. The van der Waals surface area contributed by atoms with Crippen molar-refractivity contribution in [2.75, 3.05) is 0 Å². The Bertz CT molecular complexity index is 248. The maximum absolute atomic E-state index is 4.00. The third-order valence-corrected chi connectivity index (χ3v) is 5.19. The molecule has 0 aliphatic heterocycles. The minimum Gasteiger partial charge on any atom is -0.311 e. The largest absolute Gasteiger partial charge is 0.311 e. The van der Waals surface area contributed by atoms with Crippen molar-refractivity contribution < 1.29 is 0 Å². The first-order valence-corrected chi connectivity index (χ1v) is 7.65. The van der Waals surface area contributed by atoms with Crippen molar-refractivity contribution in [3.8, 4) is 0 Å². The third kappa shape index (κ3) is 3.47. The lowest BCUT2D eigenvalue weighted by Crippen LogP contribution is -2.52. The van der Waals surface area contributed by atoms with Gasteiger partial charge in [-0.15, -0.1) is 0 Å². The second kappa shape index (κ2) is 4.91. The monoisotopic (exact) mass is 237 g/mol. The highest BCUT2D eigenvalue weighted by atomic mass is 15.0. The SMILES string of the molecule is CC1(C)CCC(C)(C)C(NC2CCCCC2)C1. The quantitative estimate of drug-likeness (QED) is 0.745. The van der Waals surface area contributed by atoms with E-state index >= 15 is 0 Å². The summed E-state index contributed by atoms with van der Waals surface area (Å²) < 4.78 is 0. The third-order valence-electron chi connectivity index (χ3n) is 5.19. The fourth-order valence-corrected chi connectivity index (χ4v) is 3.60. The topological polar surface area (TPSA) is 12.0 Å². The highest BCUT2D eigenvalue weighted by Gasteiger charge is 2.40. The van der Waals surface area contributed by atoms with Gasteiger partial charge in [0.05, 0.1) is 0 Å². The minimum atomic E-state index is 0.493. The van der Waals surface area contributed by atoms with Crippen LogP contribution in [0.15, 0.2) is 0 Å². The van der Waals surface area contributed by atoms with Gasteiger partial charge in [-0.1, -0.05) is 47.0 Å². The van der Waals surface area contributed by atoms with Crippen molar-refractivity contribution in [2.45, 2.75) is 91.1 Å². The van der Waals surface area contributed by atoms with Gasteiger partial charge in [0.1, 0.15) is 0 Å². The van der Waals surface area contributed by atoms with Gasteiger partial charge in [-0.3, -0.25) is 0 Å². The normalized spacial score (nSPS) is 33.5. The summed E-state index contributed by atoms with van der Waals surface area (Å²) in [6.45, 7) is 9.81. The molecule has 100 valence electrons. The summed E-state index contributed by atoms with van der Waals surface area (Å²) in [5.41, 5.74) is 1.04. The van der Waals surface area contributed by atoms with Crippen LogP contribution in [0.5, 0.6) is 0 Å². The molecule has 2 fully saturated rings. The van der Waals surface area contributed by atoms with Crippen LogP contribution >= 0.6 is 0 Å². The summed E-state index contributed by atoms with van der Waals surface area (Å²) in [7, 11) is 0. The van der Waals surface area contributed by atoms with Gasteiger partial charge in [-0.05, 0) is 42.9 Å². The molecule has 0 amide bonds. The van der Waals surface area contributed by atoms with E-state index in [9.17, 15) is 0 Å². The van der Waals surface area contributed by atoms with E-state index in [2.05, 4.69) is 33.0 Å². The first kappa shape index (κ1) is 13.4. The van der Waals surface area contributed by atoms with E-state index in [1.54, 1.807) is 0 Å². The second-order valence-corrected chi connectivity index (χ2v) is 7.91. The van der Waals surface area contributed by atoms with Crippen LogP contribution < -0.4 is 5.32 Å². The summed E-state index contributed by atoms with van der Waals surface area (Å²) in [5.74, 6) is 0. The van der Waals surface area contributed by atoms with Crippen molar-refractivity contribution in [1.82, 2.24) is 5.32 Å². The Morgan fingerprint density at radius 2 is 1.53 bits per heavy atom. The molecule has 0 heterocycles. The van der Waals surface area contributed by atoms with Crippen molar-refractivity contribution in [3.05, 3.63) is 0 Å². The molecule has 0 aromatic rings. The zero-order valence-corrected chi connectivity index (χ0v) is 12.3. The van der Waals surface area contributed by atoms with Gasteiger partial charge in [0.15, 0.2) is 0 Å². The average Bonchev–Trinajstić information content (AvgIpc) is 2.26. The van der Waals surface area contributed by atoms with Crippen LogP contribution in [0.4, 0.5) is 0 Å². The minimum absolute atomic E-state index is 0.493. The van der Waals surface area contributed by atoms with Gasteiger partial charge >= 0.3 is 0 Å². The molecule has 1 atom stereocenters. The van der Waals surface area contributed by atoms with E-state index < -0.39 is 0 Å². The Kier molecular flexibility index (Phi) is 3.87. The van der Waals surface area contributed by atoms with Crippen molar-refractivity contribution in [1.29, 1.82) is 0 Å².